The summed E-state index contributed by atoms with van der Waals surface area (Å²) in [5, 5.41) is 2.72. The summed E-state index contributed by atoms with van der Waals surface area (Å²) in [4.78, 5) is 14.5. The van der Waals surface area contributed by atoms with Gasteiger partial charge in [-0.15, -0.1) is 11.3 Å². The SMILES string of the molecule is Cc1ccc(-c2csc(CC=O)n2)o1. The van der Waals surface area contributed by atoms with Crippen molar-refractivity contribution >= 4 is 17.6 Å². The Labute approximate surface area is 85.4 Å². The van der Waals surface area contributed by atoms with Crippen molar-refractivity contribution in [3.63, 3.8) is 0 Å². The number of aromatic nitrogens is 1. The highest BCUT2D eigenvalue weighted by Gasteiger charge is 2.07. The summed E-state index contributed by atoms with van der Waals surface area (Å²) in [5.74, 6) is 1.63. The molecule has 2 rings (SSSR count). The van der Waals surface area contributed by atoms with Crippen molar-refractivity contribution in [1.29, 1.82) is 0 Å². The first-order valence-corrected chi connectivity index (χ1v) is 5.12. The van der Waals surface area contributed by atoms with E-state index in [-0.39, 0.29) is 0 Å². The van der Waals surface area contributed by atoms with Gasteiger partial charge in [0.05, 0.1) is 6.42 Å². The first-order valence-electron chi connectivity index (χ1n) is 4.24. The molecule has 0 aromatic carbocycles. The Bertz CT molecular complexity index is 444. The maximum Gasteiger partial charge on any atom is 0.153 e. The fourth-order valence-corrected chi connectivity index (χ4v) is 1.89. The molecule has 0 aliphatic heterocycles. The van der Waals surface area contributed by atoms with Crippen LogP contribution >= 0.6 is 11.3 Å². The molecular weight excluding hydrogens is 198 g/mol. The van der Waals surface area contributed by atoms with Crippen molar-refractivity contribution in [3.05, 3.63) is 28.3 Å². The molecule has 2 heterocycles. The summed E-state index contributed by atoms with van der Waals surface area (Å²) in [6.45, 7) is 1.89. The molecule has 0 unspecified atom stereocenters. The highest BCUT2D eigenvalue weighted by Crippen LogP contribution is 2.23. The molecule has 0 saturated heterocycles. The van der Waals surface area contributed by atoms with E-state index in [2.05, 4.69) is 4.98 Å². The van der Waals surface area contributed by atoms with E-state index in [1.165, 1.54) is 11.3 Å². The van der Waals surface area contributed by atoms with E-state index in [1.54, 1.807) is 0 Å². The van der Waals surface area contributed by atoms with Crippen LogP contribution in [0.25, 0.3) is 11.5 Å². The van der Waals surface area contributed by atoms with Crippen LogP contribution in [0.1, 0.15) is 10.8 Å². The standard InChI is InChI=1S/C10H9NO2S/c1-7-2-3-9(13-7)8-6-14-10(11-8)4-5-12/h2-3,5-6H,4H2,1H3. The largest absolute Gasteiger partial charge is 0.460 e. The minimum absolute atomic E-state index is 0.379. The smallest absolute Gasteiger partial charge is 0.153 e. The first kappa shape index (κ1) is 9.15. The number of rotatable bonds is 3. The minimum Gasteiger partial charge on any atom is -0.460 e. The molecule has 4 heteroatoms. The predicted molar refractivity (Wildman–Crippen MR) is 54.3 cm³/mol. The molecule has 0 radical (unpaired) electrons. The summed E-state index contributed by atoms with van der Waals surface area (Å²) in [6, 6.07) is 3.78. The molecule has 14 heavy (non-hydrogen) atoms. The molecule has 0 bridgehead atoms. The van der Waals surface area contributed by atoms with Crippen LogP contribution in [0, 0.1) is 6.92 Å². The van der Waals surface area contributed by atoms with Gasteiger partial charge in [-0.05, 0) is 19.1 Å². The Morgan fingerprint density at radius 2 is 2.43 bits per heavy atom. The second kappa shape index (κ2) is 3.75. The van der Waals surface area contributed by atoms with E-state index in [9.17, 15) is 4.79 Å². The van der Waals surface area contributed by atoms with Crippen LogP contribution in [-0.4, -0.2) is 11.3 Å². The summed E-state index contributed by atoms with van der Waals surface area (Å²) in [6.07, 6.45) is 1.24. The number of aldehydes is 1. The number of furan rings is 1. The summed E-state index contributed by atoms with van der Waals surface area (Å²) < 4.78 is 5.42. The van der Waals surface area contributed by atoms with E-state index in [0.717, 1.165) is 28.5 Å². The molecule has 3 nitrogen and oxygen atoms in total. The van der Waals surface area contributed by atoms with Gasteiger partial charge in [0.2, 0.25) is 0 Å². The molecule has 0 aliphatic rings. The second-order valence-corrected chi connectivity index (χ2v) is 3.85. The number of nitrogens with zero attached hydrogens (tertiary/aromatic N) is 1. The fourth-order valence-electron chi connectivity index (χ4n) is 1.16. The quantitative estimate of drug-likeness (QED) is 0.726. The highest BCUT2D eigenvalue weighted by atomic mass is 32.1. The molecule has 72 valence electrons. The summed E-state index contributed by atoms with van der Waals surface area (Å²) >= 11 is 1.48. The van der Waals surface area contributed by atoms with Gasteiger partial charge in [0.15, 0.2) is 5.76 Å². The molecule has 0 aliphatic carbocycles. The average molecular weight is 207 g/mol. The number of carbonyl (C=O) groups excluding carboxylic acids is 1. The van der Waals surface area contributed by atoms with Crippen molar-refractivity contribution in [2.24, 2.45) is 0 Å². The Morgan fingerprint density at radius 3 is 3.07 bits per heavy atom. The Balaban J connectivity index is 2.28. The van der Waals surface area contributed by atoms with Gasteiger partial charge >= 0.3 is 0 Å². The van der Waals surface area contributed by atoms with Gasteiger partial charge in [0, 0.05) is 5.38 Å². The Kier molecular flexibility index (Phi) is 2.45. The molecule has 0 spiro atoms. The second-order valence-electron chi connectivity index (χ2n) is 2.91. The number of thiazole rings is 1. The van der Waals surface area contributed by atoms with Gasteiger partial charge in [-0.25, -0.2) is 4.98 Å². The average Bonchev–Trinajstić information content (AvgIpc) is 2.74. The third-order valence-electron chi connectivity index (χ3n) is 1.80. The maximum absolute atomic E-state index is 10.3. The third-order valence-corrected chi connectivity index (χ3v) is 2.67. The lowest BCUT2D eigenvalue weighted by molar-refractivity contribution is -0.107. The monoisotopic (exact) mass is 207 g/mol. The van der Waals surface area contributed by atoms with E-state index >= 15 is 0 Å². The molecular formula is C10H9NO2S. The maximum atomic E-state index is 10.3. The molecule has 0 N–H and O–H groups in total. The van der Waals surface area contributed by atoms with Gasteiger partial charge in [-0.1, -0.05) is 0 Å². The molecule has 0 saturated carbocycles. The topological polar surface area (TPSA) is 43.1 Å². The van der Waals surface area contributed by atoms with Crippen molar-refractivity contribution in [2.75, 3.05) is 0 Å². The van der Waals surface area contributed by atoms with Crippen molar-refractivity contribution < 1.29 is 9.21 Å². The molecule has 0 atom stereocenters. The van der Waals surface area contributed by atoms with Crippen molar-refractivity contribution in [3.8, 4) is 11.5 Å². The first-order chi connectivity index (χ1) is 6.79. The predicted octanol–water partition coefficient (Wildman–Crippen LogP) is 2.45. The molecule has 2 aromatic rings. The van der Waals surface area contributed by atoms with E-state index in [4.69, 9.17) is 4.42 Å². The summed E-state index contributed by atoms with van der Waals surface area (Å²) in [7, 11) is 0. The zero-order valence-electron chi connectivity index (χ0n) is 7.69. The minimum atomic E-state index is 0.379. The summed E-state index contributed by atoms with van der Waals surface area (Å²) in [5.41, 5.74) is 0.806. The Hall–Kier alpha value is -1.42. The number of carbonyl (C=O) groups is 1. The van der Waals surface area contributed by atoms with Crippen LogP contribution in [0.4, 0.5) is 0 Å². The Morgan fingerprint density at radius 1 is 1.57 bits per heavy atom. The van der Waals surface area contributed by atoms with Crippen LogP contribution in [0.2, 0.25) is 0 Å². The van der Waals surface area contributed by atoms with Crippen molar-refractivity contribution in [1.82, 2.24) is 4.98 Å². The van der Waals surface area contributed by atoms with Gasteiger partial charge < -0.3 is 9.21 Å². The normalized spacial score (nSPS) is 10.4. The van der Waals surface area contributed by atoms with Gasteiger partial charge in [0.1, 0.15) is 22.7 Å². The highest BCUT2D eigenvalue weighted by molar-refractivity contribution is 7.10. The van der Waals surface area contributed by atoms with Crippen molar-refractivity contribution in [2.45, 2.75) is 13.3 Å². The van der Waals surface area contributed by atoms with Crippen LogP contribution in [0.3, 0.4) is 0 Å². The third kappa shape index (κ3) is 1.75. The van der Waals surface area contributed by atoms with Crippen LogP contribution in [0.5, 0.6) is 0 Å². The molecule has 2 aromatic heterocycles. The fraction of sp³-hybridized carbons (Fsp3) is 0.200. The van der Waals surface area contributed by atoms with Crippen LogP contribution in [0.15, 0.2) is 21.9 Å². The molecule has 0 fully saturated rings. The lowest BCUT2D eigenvalue weighted by Crippen LogP contribution is -1.83. The lowest BCUT2D eigenvalue weighted by atomic mass is 10.3. The van der Waals surface area contributed by atoms with E-state index in [1.807, 2.05) is 24.4 Å². The van der Waals surface area contributed by atoms with Crippen LogP contribution < -0.4 is 0 Å². The van der Waals surface area contributed by atoms with Crippen LogP contribution in [-0.2, 0) is 11.2 Å². The number of hydrogen-bond acceptors (Lipinski definition) is 4. The zero-order valence-corrected chi connectivity index (χ0v) is 8.50. The molecule has 0 amide bonds. The zero-order chi connectivity index (χ0) is 9.97. The van der Waals surface area contributed by atoms with E-state index < -0.39 is 0 Å². The van der Waals surface area contributed by atoms with Gasteiger partial charge in [-0.3, -0.25) is 0 Å². The number of hydrogen-bond donors (Lipinski definition) is 0. The lowest BCUT2D eigenvalue weighted by Gasteiger charge is -1.88. The number of aryl methyl sites for hydroxylation is 1. The van der Waals surface area contributed by atoms with Gasteiger partial charge in [0.25, 0.3) is 0 Å². The van der Waals surface area contributed by atoms with Gasteiger partial charge in [-0.2, -0.15) is 0 Å². The van der Waals surface area contributed by atoms with E-state index in [0.29, 0.717) is 6.42 Å².